The van der Waals surface area contributed by atoms with Gasteiger partial charge in [-0.15, -0.1) is 0 Å². The van der Waals surface area contributed by atoms with Crippen molar-refractivity contribution in [3.63, 3.8) is 0 Å². The maximum atomic E-state index is 13.6. The highest BCUT2D eigenvalue weighted by molar-refractivity contribution is 6.31. The van der Waals surface area contributed by atoms with Gasteiger partial charge < -0.3 is 10.2 Å². The van der Waals surface area contributed by atoms with Crippen LogP contribution in [0.25, 0.3) is 0 Å². The van der Waals surface area contributed by atoms with Gasteiger partial charge >= 0.3 is 0 Å². The maximum Gasteiger partial charge on any atom is 0.143 e. The van der Waals surface area contributed by atoms with Crippen molar-refractivity contribution >= 4 is 23.0 Å². The molecule has 0 bridgehead atoms. The van der Waals surface area contributed by atoms with E-state index in [2.05, 4.69) is 34.5 Å². The van der Waals surface area contributed by atoms with E-state index >= 15 is 0 Å². The van der Waals surface area contributed by atoms with Crippen LogP contribution in [0.5, 0.6) is 0 Å². The Morgan fingerprint density at radius 3 is 2.85 bits per heavy atom. The van der Waals surface area contributed by atoms with E-state index in [1.807, 2.05) is 0 Å². The summed E-state index contributed by atoms with van der Waals surface area (Å²) in [5.74, 6) is -0.367. The minimum absolute atomic E-state index is 0.185. The molecule has 0 spiro atoms. The van der Waals surface area contributed by atoms with Crippen LogP contribution in [0.4, 0.5) is 15.8 Å². The number of nitrogens with one attached hydrogen (secondary N) is 1. The second-order valence-electron chi connectivity index (χ2n) is 5.42. The van der Waals surface area contributed by atoms with Crippen molar-refractivity contribution in [2.75, 3.05) is 16.8 Å². The predicted molar refractivity (Wildman–Crippen MR) is 80.0 cm³/mol. The normalized spacial score (nSPS) is 19.7. The molecule has 2 nitrogen and oxygen atoms in total. The lowest BCUT2D eigenvalue weighted by molar-refractivity contribution is 0.559. The van der Waals surface area contributed by atoms with Gasteiger partial charge in [-0.1, -0.05) is 35.9 Å². The smallest absolute Gasteiger partial charge is 0.143 e. The lowest BCUT2D eigenvalue weighted by Gasteiger charge is -2.43. The summed E-state index contributed by atoms with van der Waals surface area (Å²) in [7, 11) is 0. The number of anilines is 2. The molecule has 0 saturated carbocycles. The summed E-state index contributed by atoms with van der Waals surface area (Å²) in [5.41, 5.74) is 4.59. The van der Waals surface area contributed by atoms with Crippen LogP contribution < -0.4 is 10.2 Å². The van der Waals surface area contributed by atoms with E-state index in [-0.39, 0.29) is 10.8 Å². The molecule has 2 aliphatic rings. The third-order valence-corrected chi connectivity index (χ3v) is 4.52. The Kier molecular flexibility index (Phi) is 2.64. The zero-order chi connectivity index (χ0) is 13.7. The van der Waals surface area contributed by atoms with Gasteiger partial charge in [0.25, 0.3) is 0 Å². The predicted octanol–water partition coefficient (Wildman–Crippen LogP) is 3.84. The summed E-state index contributed by atoms with van der Waals surface area (Å²) >= 11 is 5.95. The molecule has 2 aromatic carbocycles. The number of hydrogen-bond donors (Lipinski definition) is 1. The summed E-state index contributed by atoms with van der Waals surface area (Å²) in [6.07, 6.45) is 1.01. The van der Waals surface area contributed by atoms with Crippen LogP contribution in [0.2, 0.25) is 5.02 Å². The minimum atomic E-state index is -0.367. The largest absolute Gasteiger partial charge is 0.381 e. The van der Waals surface area contributed by atoms with Crippen molar-refractivity contribution in [3.8, 4) is 0 Å². The van der Waals surface area contributed by atoms with Gasteiger partial charge in [-0.3, -0.25) is 0 Å². The maximum absolute atomic E-state index is 13.6. The van der Waals surface area contributed by atoms with Crippen molar-refractivity contribution in [1.82, 2.24) is 0 Å². The average Bonchev–Trinajstić information content (AvgIpc) is 2.47. The quantitative estimate of drug-likeness (QED) is 0.792. The Labute approximate surface area is 122 Å². The van der Waals surface area contributed by atoms with Crippen LogP contribution in [-0.4, -0.2) is 12.6 Å². The van der Waals surface area contributed by atoms with Crippen LogP contribution in [-0.2, 0) is 13.0 Å². The SMILES string of the molecule is Fc1cc2c(cc1Cl)N1Cc3ccccc3CC1CN2. The molecular formula is C16H14ClFN2. The van der Waals surface area contributed by atoms with Crippen LogP contribution in [0.3, 0.4) is 0 Å². The van der Waals surface area contributed by atoms with Gasteiger partial charge in [-0.2, -0.15) is 0 Å². The molecule has 0 aliphatic carbocycles. The topological polar surface area (TPSA) is 15.3 Å². The van der Waals surface area contributed by atoms with Gasteiger partial charge in [0.1, 0.15) is 5.82 Å². The summed E-state index contributed by atoms with van der Waals surface area (Å²) in [5, 5.41) is 3.51. The molecule has 102 valence electrons. The van der Waals surface area contributed by atoms with E-state index in [0.29, 0.717) is 6.04 Å². The molecule has 2 aromatic rings. The molecule has 4 rings (SSSR count). The summed E-state index contributed by atoms with van der Waals surface area (Å²) < 4.78 is 13.6. The molecule has 2 aliphatic heterocycles. The van der Waals surface area contributed by atoms with E-state index < -0.39 is 0 Å². The van der Waals surface area contributed by atoms with Crippen LogP contribution in [0.15, 0.2) is 36.4 Å². The highest BCUT2D eigenvalue weighted by atomic mass is 35.5. The number of fused-ring (bicyclic) bond motifs is 4. The third-order valence-electron chi connectivity index (χ3n) is 4.23. The fourth-order valence-corrected chi connectivity index (χ4v) is 3.35. The molecule has 0 amide bonds. The second-order valence-corrected chi connectivity index (χ2v) is 5.83. The monoisotopic (exact) mass is 288 g/mol. The molecule has 1 unspecified atom stereocenters. The van der Waals surface area contributed by atoms with Crippen LogP contribution in [0, 0.1) is 5.82 Å². The second kappa shape index (κ2) is 4.38. The zero-order valence-electron chi connectivity index (χ0n) is 10.9. The molecule has 4 heteroatoms. The summed E-state index contributed by atoms with van der Waals surface area (Å²) in [4.78, 5) is 2.33. The van der Waals surface area contributed by atoms with Gasteiger partial charge in [0.05, 0.1) is 22.4 Å². The third kappa shape index (κ3) is 1.77. The Bertz CT molecular complexity index is 686. The minimum Gasteiger partial charge on any atom is -0.381 e. The molecule has 0 fully saturated rings. The average molecular weight is 289 g/mol. The fraction of sp³-hybridized carbons (Fsp3) is 0.250. The lowest BCUT2D eigenvalue weighted by atomic mass is 9.92. The Balaban J connectivity index is 1.80. The molecule has 0 radical (unpaired) electrons. The van der Waals surface area contributed by atoms with Gasteiger partial charge in [0, 0.05) is 19.2 Å². The van der Waals surface area contributed by atoms with E-state index in [1.165, 1.54) is 17.2 Å². The van der Waals surface area contributed by atoms with Crippen molar-refractivity contribution in [1.29, 1.82) is 0 Å². The number of halogens is 2. The molecule has 1 atom stereocenters. The number of nitrogens with zero attached hydrogens (tertiary/aromatic N) is 1. The molecular weight excluding hydrogens is 275 g/mol. The van der Waals surface area contributed by atoms with Crippen molar-refractivity contribution in [2.24, 2.45) is 0 Å². The van der Waals surface area contributed by atoms with E-state index in [1.54, 1.807) is 6.07 Å². The molecule has 0 aromatic heterocycles. The number of rotatable bonds is 0. The Hall–Kier alpha value is -1.74. The van der Waals surface area contributed by atoms with Crippen LogP contribution >= 0.6 is 11.6 Å². The van der Waals surface area contributed by atoms with Gasteiger partial charge in [-0.25, -0.2) is 4.39 Å². The standard InChI is InChI=1S/C16H14ClFN2/c17-13-6-16-15(7-14(13)18)19-8-12-5-10-3-1-2-4-11(10)9-20(12)16/h1-4,6-7,12,19H,5,8-9H2. The first-order valence-corrected chi connectivity index (χ1v) is 7.16. The fourth-order valence-electron chi connectivity index (χ4n) is 3.20. The van der Waals surface area contributed by atoms with Crippen LogP contribution in [0.1, 0.15) is 11.1 Å². The molecule has 0 saturated heterocycles. The zero-order valence-corrected chi connectivity index (χ0v) is 11.6. The Morgan fingerprint density at radius 2 is 2.00 bits per heavy atom. The highest BCUT2D eigenvalue weighted by Gasteiger charge is 2.31. The van der Waals surface area contributed by atoms with Gasteiger partial charge in [0.15, 0.2) is 0 Å². The van der Waals surface area contributed by atoms with E-state index in [9.17, 15) is 4.39 Å². The van der Waals surface area contributed by atoms with E-state index in [0.717, 1.165) is 30.9 Å². The summed E-state index contributed by atoms with van der Waals surface area (Å²) in [6.45, 7) is 1.69. The first-order chi connectivity index (χ1) is 9.72. The molecule has 20 heavy (non-hydrogen) atoms. The van der Waals surface area contributed by atoms with Gasteiger partial charge in [-0.05, 0) is 23.6 Å². The molecule has 1 N–H and O–H groups in total. The van der Waals surface area contributed by atoms with Crippen molar-refractivity contribution in [3.05, 3.63) is 58.4 Å². The van der Waals surface area contributed by atoms with Crippen molar-refractivity contribution in [2.45, 2.75) is 19.0 Å². The molecule has 2 heterocycles. The van der Waals surface area contributed by atoms with Gasteiger partial charge in [0.2, 0.25) is 0 Å². The number of hydrogen-bond acceptors (Lipinski definition) is 2. The Morgan fingerprint density at radius 1 is 1.20 bits per heavy atom. The lowest BCUT2D eigenvalue weighted by Crippen LogP contribution is -2.47. The highest BCUT2D eigenvalue weighted by Crippen LogP contribution is 2.39. The first kappa shape index (κ1) is 12.0. The first-order valence-electron chi connectivity index (χ1n) is 6.79. The summed E-state index contributed by atoms with van der Waals surface area (Å²) in [6, 6.07) is 12.1. The number of benzene rings is 2. The van der Waals surface area contributed by atoms with E-state index in [4.69, 9.17) is 11.6 Å². The van der Waals surface area contributed by atoms with Crippen molar-refractivity contribution < 1.29 is 4.39 Å².